The fourth-order valence-electron chi connectivity index (χ4n) is 1.49. The van der Waals surface area contributed by atoms with Gasteiger partial charge in [-0.3, -0.25) is 0 Å². The largest absolute Gasteiger partial charge is 0.497 e. The normalized spacial score (nSPS) is 10.4. The molecule has 0 radical (unpaired) electrons. The Morgan fingerprint density at radius 1 is 1.38 bits per heavy atom. The van der Waals surface area contributed by atoms with Gasteiger partial charge in [-0.1, -0.05) is 17.3 Å². The maximum atomic E-state index is 5.45. The molecule has 0 saturated carbocycles. The lowest BCUT2D eigenvalue weighted by Crippen LogP contribution is -2.01. The topological polar surface area (TPSA) is 61.3 Å². The standard InChI is InChI=1S/C12H14N2O2/c1-15-10-4-2-3-9(7-10)12-8-11(5-6-13)16-14-12/h2-4,7-8H,5-6,13H2,1H3. The van der Waals surface area contributed by atoms with Gasteiger partial charge in [0, 0.05) is 18.1 Å². The monoisotopic (exact) mass is 218 g/mol. The van der Waals surface area contributed by atoms with Crippen LogP contribution in [-0.4, -0.2) is 18.8 Å². The van der Waals surface area contributed by atoms with E-state index < -0.39 is 0 Å². The number of aromatic nitrogens is 1. The quantitative estimate of drug-likeness (QED) is 0.850. The molecule has 0 amide bonds. The van der Waals surface area contributed by atoms with Crippen molar-refractivity contribution in [2.75, 3.05) is 13.7 Å². The molecule has 2 rings (SSSR count). The van der Waals surface area contributed by atoms with Crippen molar-refractivity contribution in [2.24, 2.45) is 5.73 Å². The van der Waals surface area contributed by atoms with Gasteiger partial charge >= 0.3 is 0 Å². The Morgan fingerprint density at radius 3 is 3.00 bits per heavy atom. The molecule has 2 aromatic rings. The number of ether oxygens (including phenoxy) is 1. The molecule has 0 bridgehead atoms. The maximum Gasteiger partial charge on any atom is 0.138 e. The van der Waals surface area contributed by atoms with Crippen LogP contribution >= 0.6 is 0 Å². The van der Waals surface area contributed by atoms with Crippen molar-refractivity contribution in [1.29, 1.82) is 0 Å². The number of benzene rings is 1. The van der Waals surface area contributed by atoms with Gasteiger partial charge < -0.3 is 15.0 Å². The van der Waals surface area contributed by atoms with E-state index in [4.69, 9.17) is 15.0 Å². The van der Waals surface area contributed by atoms with Gasteiger partial charge in [-0.25, -0.2) is 0 Å². The van der Waals surface area contributed by atoms with Crippen LogP contribution in [0.3, 0.4) is 0 Å². The van der Waals surface area contributed by atoms with Crippen molar-refractivity contribution in [2.45, 2.75) is 6.42 Å². The van der Waals surface area contributed by atoms with E-state index >= 15 is 0 Å². The molecule has 0 saturated heterocycles. The molecule has 1 aromatic heterocycles. The molecular weight excluding hydrogens is 204 g/mol. The highest BCUT2D eigenvalue weighted by atomic mass is 16.5. The molecule has 2 N–H and O–H groups in total. The lowest BCUT2D eigenvalue weighted by Gasteiger charge is -2.00. The van der Waals surface area contributed by atoms with E-state index in [0.29, 0.717) is 13.0 Å². The molecule has 16 heavy (non-hydrogen) atoms. The maximum absolute atomic E-state index is 5.45. The van der Waals surface area contributed by atoms with Crippen molar-refractivity contribution in [1.82, 2.24) is 5.16 Å². The smallest absolute Gasteiger partial charge is 0.138 e. The summed E-state index contributed by atoms with van der Waals surface area (Å²) in [4.78, 5) is 0. The van der Waals surface area contributed by atoms with E-state index in [0.717, 1.165) is 22.8 Å². The predicted molar refractivity (Wildman–Crippen MR) is 61.2 cm³/mol. The summed E-state index contributed by atoms with van der Waals surface area (Å²) in [6, 6.07) is 9.61. The summed E-state index contributed by atoms with van der Waals surface area (Å²) >= 11 is 0. The molecule has 0 aliphatic heterocycles. The van der Waals surface area contributed by atoms with Gasteiger partial charge in [-0.05, 0) is 18.7 Å². The Kier molecular flexibility index (Phi) is 3.22. The van der Waals surface area contributed by atoms with E-state index in [1.54, 1.807) is 7.11 Å². The minimum absolute atomic E-state index is 0.562. The Bertz CT molecular complexity index is 466. The summed E-state index contributed by atoms with van der Waals surface area (Å²) < 4.78 is 10.3. The van der Waals surface area contributed by atoms with Crippen molar-refractivity contribution in [3.05, 3.63) is 36.1 Å². The highest BCUT2D eigenvalue weighted by molar-refractivity contribution is 5.60. The third-order valence-corrected chi connectivity index (χ3v) is 2.32. The first-order chi connectivity index (χ1) is 7.83. The second kappa shape index (κ2) is 4.81. The predicted octanol–water partition coefficient (Wildman–Crippen LogP) is 1.85. The van der Waals surface area contributed by atoms with Crippen LogP contribution in [0.25, 0.3) is 11.3 Å². The molecule has 0 fully saturated rings. The van der Waals surface area contributed by atoms with Crippen molar-refractivity contribution in [3.8, 4) is 17.0 Å². The number of nitrogens with two attached hydrogens (primary N) is 1. The zero-order valence-electron chi connectivity index (χ0n) is 9.14. The van der Waals surface area contributed by atoms with Crippen molar-refractivity contribution >= 4 is 0 Å². The van der Waals surface area contributed by atoms with Crippen LogP contribution in [0.4, 0.5) is 0 Å². The molecule has 0 spiro atoms. The fraction of sp³-hybridized carbons (Fsp3) is 0.250. The van der Waals surface area contributed by atoms with Crippen LogP contribution in [0, 0.1) is 0 Å². The molecule has 0 aliphatic rings. The first-order valence-electron chi connectivity index (χ1n) is 5.13. The SMILES string of the molecule is COc1cccc(-c2cc(CCN)on2)c1. The van der Waals surface area contributed by atoms with E-state index in [2.05, 4.69) is 5.16 Å². The summed E-state index contributed by atoms with van der Waals surface area (Å²) in [6.07, 6.45) is 0.705. The van der Waals surface area contributed by atoms with Gasteiger partial charge in [0.25, 0.3) is 0 Å². The van der Waals surface area contributed by atoms with Crippen LogP contribution in [0.15, 0.2) is 34.9 Å². The molecular formula is C12H14N2O2. The average molecular weight is 218 g/mol. The molecule has 0 aliphatic carbocycles. The number of nitrogens with zero attached hydrogens (tertiary/aromatic N) is 1. The van der Waals surface area contributed by atoms with Gasteiger partial charge in [0.15, 0.2) is 0 Å². The van der Waals surface area contributed by atoms with Crippen LogP contribution in [0.1, 0.15) is 5.76 Å². The number of hydrogen-bond acceptors (Lipinski definition) is 4. The van der Waals surface area contributed by atoms with Crippen LogP contribution in [-0.2, 0) is 6.42 Å². The molecule has 0 atom stereocenters. The number of methoxy groups -OCH3 is 1. The third-order valence-electron chi connectivity index (χ3n) is 2.32. The van der Waals surface area contributed by atoms with Gasteiger partial charge in [0.05, 0.1) is 7.11 Å². The second-order valence-corrected chi connectivity index (χ2v) is 3.45. The number of hydrogen-bond donors (Lipinski definition) is 1. The Morgan fingerprint density at radius 2 is 2.25 bits per heavy atom. The lowest BCUT2D eigenvalue weighted by atomic mass is 10.1. The fourth-order valence-corrected chi connectivity index (χ4v) is 1.49. The molecule has 1 heterocycles. The molecule has 84 valence electrons. The zero-order valence-corrected chi connectivity index (χ0v) is 9.14. The minimum atomic E-state index is 0.562. The summed E-state index contributed by atoms with van der Waals surface area (Å²) in [5.41, 5.74) is 7.23. The third kappa shape index (κ3) is 2.23. The molecule has 0 unspecified atom stereocenters. The minimum Gasteiger partial charge on any atom is -0.497 e. The van der Waals surface area contributed by atoms with Crippen LogP contribution in [0.2, 0.25) is 0 Å². The van der Waals surface area contributed by atoms with Gasteiger partial charge in [-0.2, -0.15) is 0 Å². The van der Waals surface area contributed by atoms with E-state index in [1.165, 1.54) is 0 Å². The van der Waals surface area contributed by atoms with Crippen molar-refractivity contribution < 1.29 is 9.26 Å². The summed E-state index contributed by atoms with van der Waals surface area (Å²) in [6.45, 7) is 0.562. The Labute approximate surface area is 94.0 Å². The zero-order chi connectivity index (χ0) is 11.4. The highest BCUT2D eigenvalue weighted by Crippen LogP contribution is 2.23. The van der Waals surface area contributed by atoms with Gasteiger partial charge in [-0.15, -0.1) is 0 Å². The second-order valence-electron chi connectivity index (χ2n) is 3.45. The van der Waals surface area contributed by atoms with E-state index in [-0.39, 0.29) is 0 Å². The van der Waals surface area contributed by atoms with E-state index in [9.17, 15) is 0 Å². The number of rotatable bonds is 4. The highest BCUT2D eigenvalue weighted by Gasteiger charge is 2.06. The van der Waals surface area contributed by atoms with Gasteiger partial charge in [0.1, 0.15) is 17.2 Å². The van der Waals surface area contributed by atoms with Crippen molar-refractivity contribution in [3.63, 3.8) is 0 Å². The van der Waals surface area contributed by atoms with Gasteiger partial charge in [0.2, 0.25) is 0 Å². The molecule has 4 heteroatoms. The first-order valence-corrected chi connectivity index (χ1v) is 5.13. The Balaban J connectivity index is 2.27. The van der Waals surface area contributed by atoms with Crippen LogP contribution < -0.4 is 10.5 Å². The molecule has 4 nitrogen and oxygen atoms in total. The Hall–Kier alpha value is -1.81. The summed E-state index contributed by atoms with van der Waals surface area (Å²) in [5.74, 6) is 1.61. The first kappa shape index (κ1) is 10.7. The molecule has 1 aromatic carbocycles. The lowest BCUT2D eigenvalue weighted by molar-refractivity contribution is 0.386. The summed E-state index contributed by atoms with van der Waals surface area (Å²) in [5, 5.41) is 3.99. The average Bonchev–Trinajstić information content (AvgIpc) is 2.78. The van der Waals surface area contributed by atoms with E-state index in [1.807, 2.05) is 30.3 Å². The van der Waals surface area contributed by atoms with Crippen LogP contribution in [0.5, 0.6) is 5.75 Å². The summed E-state index contributed by atoms with van der Waals surface area (Å²) in [7, 11) is 1.64.